The number of aromatic nitrogens is 4. The summed E-state index contributed by atoms with van der Waals surface area (Å²) in [4.78, 5) is 19.0. The van der Waals surface area contributed by atoms with Crippen LogP contribution < -0.4 is 4.90 Å². The first-order valence-corrected chi connectivity index (χ1v) is 10.0. The van der Waals surface area contributed by atoms with Crippen LogP contribution >= 0.6 is 0 Å². The monoisotopic (exact) mass is 407 g/mol. The van der Waals surface area contributed by atoms with Gasteiger partial charge < -0.3 is 9.64 Å². The van der Waals surface area contributed by atoms with E-state index in [9.17, 15) is 8.78 Å². The van der Waals surface area contributed by atoms with Gasteiger partial charge >= 0.3 is 0 Å². The highest BCUT2D eigenvalue weighted by molar-refractivity contribution is 5.56. The van der Waals surface area contributed by atoms with Crippen molar-refractivity contribution in [2.45, 2.75) is 18.3 Å². The number of rotatable bonds is 4. The third-order valence-corrected chi connectivity index (χ3v) is 6.33. The van der Waals surface area contributed by atoms with Gasteiger partial charge in [0.15, 0.2) is 23.3 Å². The van der Waals surface area contributed by atoms with Gasteiger partial charge in [-0.3, -0.25) is 0 Å². The molecular weight excluding hydrogens is 388 g/mol. The molecule has 1 spiro atoms. The van der Waals surface area contributed by atoms with E-state index >= 15 is 0 Å². The number of hydrogen-bond acceptors (Lipinski definition) is 6. The summed E-state index contributed by atoms with van der Waals surface area (Å²) in [5, 5.41) is 0. The fraction of sp³-hybridized carbons (Fsp3) is 0.364. The van der Waals surface area contributed by atoms with Crippen molar-refractivity contribution in [1.82, 2.24) is 19.9 Å². The summed E-state index contributed by atoms with van der Waals surface area (Å²) in [7, 11) is 0. The summed E-state index contributed by atoms with van der Waals surface area (Å²) >= 11 is 0. The SMILES string of the molecule is Fc1cc([C@@H]2C[C@H]2c2cnc(-c3ncccn3)nc2)cc(N2CC3(COC3)C2)c1F. The first-order valence-electron chi connectivity index (χ1n) is 10.0. The Hall–Kier alpha value is -3.00. The predicted molar refractivity (Wildman–Crippen MR) is 105 cm³/mol. The Morgan fingerprint density at radius 2 is 1.57 bits per heavy atom. The zero-order valence-electron chi connectivity index (χ0n) is 16.1. The van der Waals surface area contributed by atoms with Crippen molar-refractivity contribution in [3.8, 4) is 11.6 Å². The van der Waals surface area contributed by atoms with E-state index in [-0.39, 0.29) is 17.3 Å². The number of halogens is 2. The predicted octanol–water partition coefficient (Wildman–Crippen LogP) is 3.32. The van der Waals surface area contributed by atoms with Crippen molar-refractivity contribution in [2.75, 3.05) is 31.2 Å². The molecule has 0 N–H and O–H groups in total. The average molecular weight is 407 g/mol. The van der Waals surface area contributed by atoms with Crippen LogP contribution in [-0.4, -0.2) is 46.2 Å². The van der Waals surface area contributed by atoms with Crippen LogP contribution in [0, 0.1) is 17.0 Å². The molecule has 152 valence electrons. The Bertz CT molecular complexity index is 1100. The van der Waals surface area contributed by atoms with Gasteiger partial charge in [-0.05, 0) is 47.6 Å². The zero-order valence-corrected chi connectivity index (χ0v) is 16.1. The van der Waals surface area contributed by atoms with Crippen LogP contribution in [0.2, 0.25) is 0 Å². The van der Waals surface area contributed by atoms with Crippen LogP contribution in [0.3, 0.4) is 0 Å². The minimum Gasteiger partial charge on any atom is -0.380 e. The van der Waals surface area contributed by atoms with Gasteiger partial charge in [0.1, 0.15) is 0 Å². The van der Waals surface area contributed by atoms with Crippen LogP contribution in [0.25, 0.3) is 11.6 Å². The topological polar surface area (TPSA) is 64.0 Å². The molecule has 6 nitrogen and oxygen atoms in total. The largest absolute Gasteiger partial charge is 0.380 e. The summed E-state index contributed by atoms with van der Waals surface area (Å²) in [6.07, 6.45) is 7.72. The fourth-order valence-corrected chi connectivity index (χ4v) is 4.54. The van der Waals surface area contributed by atoms with E-state index in [2.05, 4.69) is 19.9 Å². The maximum Gasteiger partial charge on any atom is 0.197 e. The first kappa shape index (κ1) is 17.8. The highest BCUT2D eigenvalue weighted by Crippen LogP contribution is 2.55. The quantitative estimate of drug-likeness (QED) is 0.661. The molecule has 3 aliphatic rings. The van der Waals surface area contributed by atoms with Gasteiger partial charge in [0.2, 0.25) is 0 Å². The fourth-order valence-electron chi connectivity index (χ4n) is 4.54. The van der Waals surface area contributed by atoms with Crippen molar-refractivity contribution in [1.29, 1.82) is 0 Å². The molecule has 2 aliphatic heterocycles. The molecule has 0 bridgehead atoms. The van der Waals surface area contributed by atoms with Gasteiger partial charge in [-0.2, -0.15) is 0 Å². The number of anilines is 1. The third-order valence-electron chi connectivity index (χ3n) is 6.33. The Balaban J connectivity index is 1.21. The zero-order chi connectivity index (χ0) is 20.3. The molecule has 1 aromatic carbocycles. The Morgan fingerprint density at radius 3 is 2.23 bits per heavy atom. The van der Waals surface area contributed by atoms with E-state index in [1.807, 2.05) is 11.0 Å². The maximum absolute atomic E-state index is 14.5. The van der Waals surface area contributed by atoms with Crippen molar-refractivity contribution < 1.29 is 13.5 Å². The lowest BCUT2D eigenvalue weighted by Gasteiger charge is -2.56. The third kappa shape index (κ3) is 2.86. The minimum absolute atomic E-state index is 0.141. The number of hydrogen-bond donors (Lipinski definition) is 0. The molecule has 3 fully saturated rings. The number of ether oxygens (including phenoxy) is 1. The average Bonchev–Trinajstić information content (AvgIpc) is 3.50. The van der Waals surface area contributed by atoms with E-state index in [0.29, 0.717) is 30.5 Å². The number of nitrogens with zero attached hydrogens (tertiary/aromatic N) is 5. The molecule has 6 rings (SSSR count). The van der Waals surface area contributed by atoms with E-state index in [1.54, 1.807) is 30.9 Å². The van der Waals surface area contributed by atoms with Gasteiger partial charge in [-0.1, -0.05) is 0 Å². The number of benzene rings is 1. The van der Waals surface area contributed by atoms with Gasteiger partial charge in [-0.15, -0.1) is 0 Å². The summed E-state index contributed by atoms with van der Waals surface area (Å²) in [6.45, 7) is 2.86. The van der Waals surface area contributed by atoms with Gasteiger partial charge in [0.25, 0.3) is 0 Å². The van der Waals surface area contributed by atoms with Crippen LogP contribution in [0.4, 0.5) is 14.5 Å². The molecule has 30 heavy (non-hydrogen) atoms. The molecule has 0 unspecified atom stereocenters. The molecule has 8 heteroatoms. The summed E-state index contributed by atoms with van der Waals surface area (Å²) in [6, 6.07) is 4.88. The molecule has 3 aromatic rings. The van der Waals surface area contributed by atoms with Crippen molar-refractivity contribution >= 4 is 5.69 Å². The highest BCUT2D eigenvalue weighted by Gasteiger charge is 2.50. The molecule has 0 amide bonds. The van der Waals surface area contributed by atoms with E-state index in [1.165, 1.54) is 6.07 Å². The smallest absolute Gasteiger partial charge is 0.197 e. The van der Waals surface area contributed by atoms with Crippen LogP contribution in [0.15, 0.2) is 43.0 Å². The Labute approximate surface area is 172 Å². The molecule has 4 heterocycles. The second kappa shape index (κ2) is 6.50. The van der Waals surface area contributed by atoms with E-state index < -0.39 is 11.6 Å². The lowest BCUT2D eigenvalue weighted by atomic mass is 9.77. The molecular formula is C22H19F2N5O. The van der Waals surface area contributed by atoms with Gasteiger partial charge in [0.05, 0.1) is 24.3 Å². The van der Waals surface area contributed by atoms with Crippen LogP contribution in [0.1, 0.15) is 29.4 Å². The molecule has 2 saturated heterocycles. The molecule has 2 atom stereocenters. The summed E-state index contributed by atoms with van der Waals surface area (Å²) in [5.41, 5.74) is 2.32. The van der Waals surface area contributed by atoms with Gasteiger partial charge in [0, 0.05) is 37.9 Å². The normalized spacial score (nSPS) is 23.7. The van der Waals surface area contributed by atoms with Gasteiger partial charge in [-0.25, -0.2) is 28.7 Å². The lowest BCUT2D eigenvalue weighted by molar-refractivity contribution is -0.127. The van der Waals surface area contributed by atoms with E-state index in [4.69, 9.17) is 4.74 Å². The first-order chi connectivity index (χ1) is 14.6. The molecule has 1 aliphatic carbocycles. The summed E-state index contributed by atoms with van der Waals surface area (Å²) < 4.78 is 34.1. The van der Waals surface area contributed by atoms with E-state index in [0.717, 1.165) is 30.6 Å². The van der Waals surface area contributed by atoms with Crippen molar-refractivity contribution in [3.63, 3.8) is 0 Å². The molecule has 1 saturated carbocycles. The molecule has 2 aromatic heterocycles. The van der Waals surface area contributed by atoms with Crippen LogP contribution in [-0.2, 0) is 4.74 Å². The minimum atomic E-state index is -0.785. The van der Waals surface area contributed by atoms with Crippen molar-refractivity contribution in [3.05, 3.63) is 65.7 Å². The standard InChI is InChI=1S/C22H19F2N5O/c23-17-4-13(5-18(19(17)24)29-9-22(10-29)11-30-12-22)15-6-16(15)14-7-27-21(28-8-14)20-25-2-1-3-26-20/h1-5,7-8,15-16H,6,9-12H2/t15-,16-/m0/s1. The lowest BCUT2D eigenvalue weighted by Crippen LogP contribution is -2.66. The highest BCUT2D eigenvalue weighted by atomic mass is 19.2. The maximum atomic E-state index is 14.5. The second-order valence-electron chi connectivity index (χ2n) is 8.55. The van der Waals surface area contributed by atoms with Crippen LogP contribution in [0.5, 0.6) is 0 Å². The molecule has 0 radical (unpaired) electrons. The Morgan fingerprint density at radius 1 is 0.900 bits per heavy atom. The second-order valence-corrected chi connectivity index (χ2v) is 8.55. The Kier molecular flexibility index (Phi) is 3.86. The summed E-state index contributed by atoms with van der Waals surface area (Å²) in [5.74, 6) is -0.252. The van der Waals surface area contributed by atoms with Crippen molar-refractivity contribution in [2.24, 2.45) is 5.41 Å².